The fourth-order valence-corrected chi connectivity index (χ4v) is 2.87. The van der Waals surface area contributed by atoms with Crippen molar-refractivity contribution in [3.05, 3.63) is 41.6 Å². The molecule has 3 rings (SSSR count). The third-order valence-corrected chi connectivity index (χ3v) is 4.08. The van der Waals surface area contributed by atoms with E-state index in [0.717, 1.165) is 0 Å². The van der Waals surface area contributed by atoms with Crippen molar-refractivity contribution >= 4 is 23.2 Å². The van der Waals surface area contributed by atoms with Crippen LogP contribution in [0.1, 0.15) is 55.2 Å². The molecule has 24 heavy (non-hydrogen) atoms. The standard InChI is InChI=1S/C18H21N3O3/c1-10(2)17-19-12(4)16(24-17)18(23)21-11(3)9-15(22)20-13-7-5-6-8-14(13)21/h5-8,10-11H,9H2,1-4H3,(H,20,22). The average Bonchev–Trinajstić information content (AvgIpc) is 2.85. The van der Waals surface area contributed by atoms with Crippen molar-refractivity contribution in [1.29, 1.82) is 0 Å². The van der Waals surface area contributed by atoms with Crippen molar-refractivity contribution in [1.82, 2.24) is 4.98 Å². The predicted octanol–water partition coefficient (Wildman–Crippen LogP) is 3.48. The fraction of sp³-hybridized carbons (Fsp3) is 0.389. The van der Waals surface area contributed by atoms with E-state index < -0.39 is 0 Å². The van der Waals surface area contributed by atoms with Crippen LogP contribution in [0.2, 0.25) is 0 Å². The van der Waals surface area contributed by atoms with Crippen LogP contribution in [0.3, 0.4) is 0 Å². The summed E-state index contributed by atoms with van der Waals surface area (Å²) in [6, 6.07) is 7.00. The number of hydrogen-bond acceptors (Lipinski definition) is 4. The molecular formula is C18H21N3O3. The number of benzene rings is 1. The van der Waals surface area contributed by atoms with Gasteiger partial charge in [0.25, 0.3) is 5.91 Å². The molecule has 2 aromatic rings. The highest BCUT2D eigenvalue weighted by Gasteiger charge is 2.33. The summed E-state index contributed by atoms with van der Waals surface area (Å²) < 4.78 is 5.71. The first-order valence-corrected chi connectivity index (χ1v) is 8.08. The Kier molecular flexibility index (Phi) is 4.13. The lowest BCUT2D eigenvalue weighted by Crippen LogP contribution is -2.39. The van der Waals surface area contributed by atoms with Gasteiger partial charge in [-0.1, -0.05) is 26.0 Å². The van der Waals surface area contributed by atoms with Crippen molar-refractivity contribution in [2.45, 2.75) is 46.1 Å². The van der Waals surface area contributed by atoms with Gasteiger partial charge in [0.05, 0.1) is 17.1 Å². The number of carbonyl (C=O) groups is 2. The zero-order valence-electron chi connectivity index (χ0n) is 14.3. The number of hydrogen-bond donors (Lipinski definition) is 1. The number of nitrogens with one attached hydrogen (secondary N) is 1. The number of aryl methyl sites for hydroxylation is 1. The second-order valence-electron chi connectivity index (χ2n) is 6.41. The maximum absolute atomic E-state index is 13.1. The van der Waals surface area contributed by atoms with Crippen LogP contribution in [0.5, 0.6) is 0 Å². The molecule has 0 bridgehead atoms. The van der Waals surface area contributed by atoms with Gasteiger partial charge in [-0.15, -0.1) is 0 Å². The number of rotatable bonds is 2. The van der Waals surface area contributed by atoms with Gasteiger partial charge >= 0.3 is 0 Å². The second-order valence-corrected chi connectivity index (χ2v) is 6.41. The largest absolute Gasteiger partial charge is 0.435 e. The number of nitrogens with zero attached hydrogens (tertiary/aromatic N) is 2. The van der Waals surface area contributed by atoms with Crippen LogP contribution in [0, 0.1) is 6.92 Å². The van der Waals surface area contributed by atoms with E-state index in [9.17, 15) is 9.59 Å². The fourth-order valence-electron chi connectivity index (χ4n) is 2.87. The quantitative estimate of drug-likeness (QED) is 0.916. The van der Waals surface area contributed by atoms with Crippen LogP contribution < -0.4 is 10.2 Å². The Hall–Kier alpha value is -2.63. The highest BCUT2D eigenvalue weighted by atomic mass is 16.4. The van der Waals surface area contributed by atoms with Crippen molar-refractivity contribution in [2.24, 2.45) is 0 Å². The number of para-hydroxylation sites is 2. The topological polar surface area (TPSA) is 75.4 Å². The maximum atomic E-state index is 13.1. The van der Waals surface area contributed by atoms with Gasteiger partial charge in [-0.2, -0.15) is 0 Å². The van der Waals surface area contributed by atoms with Crippen LogP contribution >= 0.6 is 0 Å². The maximum Gasteiger partial charge on any atom is 0.296 e. The monoisotopic (exact) mass is 327 g/mol. The normalized spacial score (nSPS) is 17.5. The molecule has 1 aliphatic heterocycles. The molecule has 0 spiro atoms. The van der Waals surface area contributed by atoms with E-state index in [1.807, 2.05) is 39.0 Å². The summed E-state index contributed by atoms with van der Waals surface area (Å²) in [4.78, 5) is 31.1. The Labute approximate surface area is 140 Å². The SMILES string of the molecule is Cc1nc(C(C)C)oc1C(=O)N1c2ccccc2NC(=O)CC1C. The first-order chi connectivity index (χ1) is 11.4. The van der Waals surface area contributed by atoms with Gasteiger partial charge < -0.3 is 14.6 Å². The van der Waals surface area contributed by atoms with Crippen LogP contribution in [-0.2, 0) is 4.79 Å². The zero-order valence-corrected chi connectivity index (χ0v) is 14.3. The number of oxazole rings is 1. The molecule has 0 aliphatic carbocycles. The smallest absolute Gasteiger partial charge is 0.296 e. The molecule has 1 aliphatic rings. The molecular weight excluding hydrogens is 306 g/mol. The molecule has 0 saturated carbocycles. The predicted molar refractivity (Wildman–Crippen MR) is 91.3 cm³/mol. The van der Waals surface area contributed by atoms with Crippen LogP contribution in [-0.4, -0.2) is 22.8 Å². The summed E-state index contributed by atoms with van der Waals surface area (Å²) >= 11 is 0. The molecule has 1 aromatic carbocycles. The Bertz CT molecular complexity index is 795. The average molecular weight is 327 g/mol. The molecule has 0 fully saturated rings. The molecule has 6 heteroatoms. The van der Waals surface area contributed by atoms with E-state index in [1.165, 1.54) is 0 Å². The number of fused-ring (bicyclic) bond motifs is 1. The van der Waals surface area contributed by atoms with Crippen LogP contribution in [0.4, 0.5) is 11.4 Å². The lowest BCUT2D eigenvalue weighted by Gasteiger charge is -2.27. The molecule has 2 heterocycles. The molecule has 126 valence electrons. The summed E-state index contributed by atoms with van der Waals surface area (Å²) in [7, 11) is 0. The second kappa shape index (κ2) is 6.11. The molecule has 1 N–H and O–H groups in total. The summed E-state index contributed by atoms with van der Waals surface area (Å²) in [5, 5.41) is 2.85. The zero-order chi connectivity index (χ0) is 17.4. The van der Waals surface area contributed by atoms with Gasteiger partial charge in [0.1, 0.15) is 0 Å². The lowest BCUT2D eigenvalue weighted by molar-refractivity contribution is -0.116. The minimum absolute atomic E-state index is 0.0994. The molecule has 2 amide bonds. The van der Waals surface area contributed by atoms with E-state index in [1.54, 1.807) is 17.9 Å². The van der Waals surface area contributed by atoms with E-state index in [-0.39, 0.29) is 36.0 Å². The molecule has 0 saturated heterocycles. The number of aromatic nitrogens is 1. The van der Waals surface area contributed by atoms with Gasteiger partial charge in [-0.3, -0.25) is 9.59 Å². The minimum atomic E-state index is -0.284. The van der Waals surface area contributed by atoms with E-state index in [4.69, 9.17) is 4.42 Å². The Morgan fingerprint density at radius 3 is 2.75 bits per heavy atom. The van der Waals surface area contributed by atoms with Gasteiger partial charge in [-0.25, -0.2) is 4.98 Å². The minimum Gasteiger partial charge on any atom is -0.435 e. The van der Waals surface area contributed by atoms with E-state index in [0.29, 0.717) is 23.0 Å². The first kappa shape index (κ1) is 16.2. The highest BCUT2D eigenvalue weighted by Crippen LogP contribution is 2.33. The lowest BCUT2D eigenvalue weighted by atomic mass is 10.1. The van der Waals surface area contributed by atoms with Crippen molar-refractivity contribution in [2.75, 3.05) is 10.2 Å². The number of anilines is 2. The number of carbonyl (C=O) groups excluding carboxylic acids is 2. The first-order valence-electron chi connectivity index (χ1n) is 8.08. The van der Waals surface area contributed by atoms with Gasteiger partial charge in [0, 0.05) is 18.4 Å². The number of amides is 2. The van der Waals surface area contributed by atoms with Gasteiger partial charge in [-0.05, 0) is 26.0 Å². The van der Waals surface area contributed by atoms with E-state index in [2.05, 4.69) is 10.3 Å². The highest BCUT2D eigenvalue weighted by molar-refractivity contribution is 6.10. The molecule has 1 unspecified atom stereocenters. The van der Waals surface area contributed by atoms with Gasteiger partial charge in [0.15, 0.2) is 5.89 Å². The summed E-state index contributed by atoms with van der Waals surface area (Å²) in [5.74, 6) is 0.489. The van der Waals surface area contributed by atoms with Crippen molar-refractivity contribution < 1.29 is 14.0 Å². The van der Waals surface area contributed by atoms with Gasteiger partial charge in [0.2, 0.25) is 11.7 Å². The molecule has 1 atom stereocenters. The summed E-state index contributed by atoms with van der Waals surface area (Å²) in [5.41, 5.74) is 1.86. The van der Waals surface area contributed by atoms with Crippen LogP contribution in [0.25, 0.3) is 0 Å². The third kappa shape index (κ3) is 2.79. The van der Waals surface area contributed by atoms with E-state index >= 15 is 0 Å². The van der Waals surface area contributed by atoms with Crippen molar-refractivity contribution in [3.8, 4) is 0 Å². The summed E-state index contributed by atoms with van der Waals surface area (Å²) in [6.07, 6.45) is 0.227. The third-order valence-electron chi connectivity index (χ3n) is 4.08. The summed E-state index contributed by atoms with van der Waals surface area (Å²) in [6.45, 7) is 7.55. The molecule has 1 aromatic heterocycles. The Morgan fingerprint density at radius 2 is 2.08 bits per heavy atom. The Balaban J connectivity index is 2.06. The van der Waals surface area contributed by atoms with Crippen molar-refractivity contribution in [3.63, 3.8) is 0 Å². The molecule has 0 radical (unpaired) electrons. The van der Waals surface area contributed by atoms with Crippen LogP contribution in [0.15, 0.2) is 28.7 Å². The molecule has 6 nitrogen and oxygen atoms in total. The Morgan fingerprint density at radius 1 is 1.38 bits per heavy atom.